The van der Waals surface area contributed by atoms with Gasteiger partial charge in [-0.25, -0.2) is 9.97 Å². The SMILES string of the molecule is CCC(CC)NC/C=C(\C)Nc1nc2cccnc2n1C=C(C)C. The lowest BCUT2D eigenvalue weighted by atomic mass is 10.2. The molecule has 2 N–H and O–H groups in total. The Labute approximate surface area is 144 Å². The number of aromatic nitrogens is 3. The van der Waals surface area contributed by atoms with E-state index in [0.29, 0.717) is 6.04 Å². The van der Waals surface area contributed by atoms with Crippen LogP contribution in [0.2, 0.25) is 0 Å². The summed E-state index contributed by atoms with van der Waals surface area (Å²) in [4.78, 5) is 9.12. The van der Waals surface area contributed by atoms with Crippen LogP contribution in [0.1, 0.15) is 47.5 Å². The molecular formula is C19H29N5. The van der Waals surface area contributed by atoms with Crippen molar-refractivity contribution in [2.45, 2.75) is 53.5 Å². The number of rotatable bonds is 8. The number of anilines is 1. The molecule has 5 heteroatoms. The van der Waals surface area contributed by atoms with Crippen molar-refractivity contribution < 1.29 is 0 Å². The van der Waals surface area contributed by atoms with Gasteiger partial charge in [0.25, 0.3) is 0 Å². The molecule has 5 nitrogen and oxygen atoms in total. The van der Waals surface area contributed by atoms with Crippen molar-refractivity contribution in [3.8, 4) is 0 Å². The zero-order valence-corrected chi connectivity index (χ0v) is 15.4. The summed E-state index contributed by atoms with van der Waals surface area (Å²) in [7, 11) is 0. The summed E-state index contributed by atoms with van der Waals surface area (Å²) in [5.74, 6) is 0.793. The van der Waals surface area contributed by atoms with Gasteiger partial charge in [-0.3, -0.25) is 4.57 Å². The first-order valence-electron chi connectivity index (χ1n) is 8.70. The van der Waals surface area contributed by atoms with Crippen LogP contribution in [-0.4, -0.2) is 27.1 Å². The highest BCUT2D eigenvalue weighted by molar-refractivity contribution is 5.77. The third kappa shape index (κ3) is 4.68. The van der Waals surface area contributed by atoms with E-state index >= 15 is 0 Å². The van der Waals surface area contributed by atoms with Crippen molar-refractivity contribution in [1.82, 2.24) is 19.9 Å². The van der Waals surface area contributed by atoms with Gasteiger partial charge in [0, 0.05) is 30.7 Å². The summed E-state index contributed by atoms with van der Waals surface area (Å²) in [6, 6.07) is 4.47. The Kier molecular flexibility index (Phi) is 6.55. The van der Waals surface area contributed by atoms with Crippen molar-refractivity contribution in [1.29, 1.82) is 0 Å². The molecular weight excluding hydrogens is 298 g/mol. The Balaban J connectivity index is 2.18. The first-order chi connectivity index (χ1) is 11.5. The number of allylic oxidation sites excluding steroid dienone is 2. The average molecular weight is 327 g/mol. The van der Waals surface area contributed by atoms with E-state index in [2.05, 4.69) is 67.5 Å². The fourth-order valence-electron chi connectivity index (χ4n) is 2.58. The van der Waals surface area contributed by atoms with E-state index in [1.54, 1.807) is 6.20 Å². The van der Waals surface area contributed by atoms with E-state index in [0.717, 1.165) is 42.2 Å². The van der Waals surface area contributed by atoms with Gasteiger partial charge in [-0.15, -0.1) is 0 Å². The van der Waals surface area contributed by atoms with Gasteiger partial charge in [0.15, 0.2) is 5.65 Å². The minimum Gasteiger partial charge on any atom is -0.330 e. The fourth-order valence-corrected chi connectivity index (χ4v) is 2.58. The van der Waals surface area contributed by atoms with Gasteiger partial charge in [-0.1, -0.05) is 25.5 Å². The lowest BCUT2D eigenvalue weighted by molar-refractivity contribution is 0.510. The monoisotopic (exact) mass is 327 g/mol. The van der Waals surface area contributed by atoms with Gasteiger partial charge in [-0.05, 0) is 45.7 Å². The van der Waals surface area contributed by atoms with Crippen LogP contribution in [0.25, 0.3) is 17.4 Å². The van der Waals surface area contributed by atoms with E-state index in [-0.39, 0.29) is 0 Å². The molecule has 0 aromatic carbocycles. The standard InChI is InChI=1S/C19H29N5/c1-6-16(7-2)20-12-10-15(5)22-19-23-17-9-8-11-21-18(17)24(19)13-14(3)4/h8-11,13,16,20H,6-7,12H2,1-5H3,(H,22,23)/b15-10+. The Morgan fingerprint density at radius 1 is 1.25 bits per heavy atom. The second-order valence-electron chi connectivity index (χ2n) is 6.29. The molecule has 0 radical (unpaired) electrons. The number of hydrogen-bond acceptors (Lipinski definition) is 4. The Bertz CT molecular complexity index is 718. The molecule has 0 aliphatic rings. The second-order valence-corrected chi connectivity index (χ2v) is 6.29. The van der Waals surface area contributed by atoms with Crippen LogP contribution in [0.4, 0.5) is 5.95 Å². The molecule has 0 amide bonds. The molecule has 0 aliphatic heterocycles. The molecule has 0 saturated carbocycles. The molecule has 0 spiro atoms. The highest BCUT2D eigenvalue weighted by Crippen LogP contribution is 2.20. The van der Waals surface area contributed by atoms with Gasteiger partial charge in [0.05, 0.1) is 0 Å². The lowest BCUT2D eigenvalue weighted by Gasteiger charge is -2.13. The Morgan fingerprint density at radius 2 is 2.00 bits per heavy atom. The van der Waals surface area contributed by atoms with E-state index in [9.17, 15) is 0 Å². The number of fused-ring (bicyclic) bond motifs is 1. The molecule has 0 bridgehead atoms. The minimum atomic E-state index is 0.577. The van der Waals surface area contributed by atoms with Gasteiger partial charge < -0.3 is 10.6 Å². The van der Waals surface area contributed by atoms with E-state index in [4.69, 9.17) is 0 Å². The molecule has 2 heterocycles. The summed E-state index contributed by atoms with van der Waals surface area (Å²) in [5, 5.41) is 6.94. The zero-order chi connectivity index (χ0) is 17.5. The number of hydrogen-bond donors (Lipinski definition) is 2. The van der Waals surface area contributed by atoms with Crippen LogP contribution in [0.3, 0.4) is 0 Å². The third-order valence-electron chi connectivity index (χ3n) is 3.95. The van der Waals surface area contributed by atoms with Crippen molar-refractivity contribution in [2.75, 3.05) is 11.9 Å². The molecule has 0 fully saturated rings. The highest BCUT2D eigenvalue weighted by atomic mass is 15.2. The number of nitrogens with zero attached hydrogens (tertiary/aromatic N) is 3. The predicted octanol–water partition coefficient (Wildman–Crippen LogP) is 4.41. The molecule has 2 rings (SSSR count). The third-order valence-corrected chi connectivity index (χ3v) is 3.95. The molecule has 0 aliphatic carbocycles. The van der Waals surface area contributed by atoms with E-state index in [1.807, 2.05) is 16.7 Å². The maximum atomic E-state index is 4.66. The molecule has 2 aromatic rings. The van der Waals surface area contributed by atoms with Crippen LogP contribution in [0.5, 0.6) is 0 Å². The van der Waals surface area contributed by atoms with E-state index < -0.39 is 0 Å². The summed E-state index contributed by atoms with van der Waals surface area (Å²) in [5.41, 5.74) is 4.02. The van der Waals surface area contributed by atoms with Crippen molar-refractivity contribution >= 4 is 23.3 Å². The predicted molar refractivity (Wildman–Crippen MR) is 103 cm³/mol. The van der Waals surface area contributed by atoms with Gasteiger partial charge >= 0.3 is 0 Å². The molecule has 130 valence electrons. The summed E-state index contributed by atoms with van der Waals surface area (Å²) >= 11 is 0. The van der Waals surface area contributed by atoms with Crippen LogP contribution >= 0.6 is 0 Å². The minimum absolute atomic E-state index is 0.577. The summed E-state index contributed by atoms with van der Waals surface area (Å²) < 4.78 is 2.01. The Hall–Kier alpha value is -2.14. The molecule has 0 unspecified atom stereocenters. The van der Waals surface area contributed by atoms with Gasteiger partial charge in [0.2, 0.25) is 5.95 Å². The number of imidazole rings is 1. The van der Waals surface area contributed by atoms with Crippen LogP contribution < -0.4 is 10.6 Å². The smallest absolute Gasteiger partial charge is 0.213 e. The zero-order valence-electron chi connectivity index (χ0n) is 15.4. The summed E-state index contributed by atoms with van der Waals surface area (Å²) in [6.07, 6.45) is 8.32. The molecule has 24 heavy (non-hydrogen) atoms. The number of pyridine rings is 1. The first kappa shape index (κ1) is 18.2. The van der Waals surface area contributed by atoms with Gasteiger partial charge in [0.1, 0.15) is 5.52 Å². The maximum absolute atomic E-state index is 4.66. The Morgan fingerprint density at radius 3 is 2.67 bits per heavy atom. The lowest BCUT2D eigenvalue weighted by Crippen LogP contribution is -2.27. The second kappa shape index (κ2) is 8.64. The molecule has 0 saturated heterocycles. The fraction of sp³-hybridized carbons (Fsp3) is 0.474. The van der Waals surface area contributed by atoms with Crippen LogP contribution in [0.15, 0.2) is 35.7 Å². The topological polar surface area (TPSA) is 54.8 Å². The van der Waals surface area contributed by atoms with Crippen molar-refractivity contribution in [2.24, 2.45) is 0 Å². The normalized spacial score (nSPS) is 12.0. The first-order valence-corrected chi connectivity index (χ1v) is 8.70. The molecule has 0 atom stereocenters. The average Bonchev–Trinajstić information content (AvgIpc) is 2.88. The number of nitrogens with one attached hydrogen (secondary N) is 2. The van der Waals surface area contributed by atoms with Gasteiger partial charge in [-0.2, -0.15) is 0 Å². The van der Waals surface area contributed by atoms with Crippen molar-refractivity contribution in [3.63, 3.8) is 0 Å². The quantitative estimate of drug-likeness (QED) is 0.754. The van der Waals surface area contributed by atoms with Crippen LogP contribution in [0, 0.1) is 0 Å². The van der Waals surface area contributed by atoms with Crippen LogP contribution in [-0.2, 0) is 0 Å². The maximum Gasteiger partial charge on any atom is 0.213 e. The van der Waals surface area contributed by atoms with E-state index in [1.165, 1.54) is 5.57 Å². The van der Waals surface area contributed by atoms with Crippen molar-refractivity contribution in [3.05, 3.63) is 35.7 Å². The summed E-state index contributed by atoms with van der Waals surface area (Å²) in [6.45, 7) is 11.5. The molecule has 2 aromatic heterocycles. The highest BCUT2D eigenvalue weighted by Gasteiger charge is 2.10. The largest absolute Gasteiger partial charge is 0.330 e.